The molecule has 2 heterocycles. The van der Waals surface area contributed by atoms with E-state index in [1.165, 1.54) is 17.2 Å². The van der Waals surface area contributed by atoms with Crippen LogP contribution in [0.15, 0.2) is 60.3 Å². The molecule has 1 saturated heterocycles. The van der Waals surface area contributed by atoms with Crippen LogP contribution in [0.2, 0.25) is 0 Å². The Kier molecular flexibility index (Phi) is 3.88. The molecule has 0 bridgehead atoms. The molecule has 25 heavy (non-hydrogen) atoms. The molecule has 126 valence electrons. The molecule has 1 N–H and O–H groups in total. The molecular weight excluding hydrogens is 312 g/mol. The molecule has 0 radical (unpaired) electrons. The van der Waals surface area contributed by atoms with Crippen LogP contribution >= 0.6 is 0 Å². The first-order valence-corrected chi connectivity index (χ1v) is 8.59. The maximum absolute atomic E-state index is 12.8. The van der Waals surface area contributed by atoms with Crippen molar-refractivity contribution in [2.24, 2.45) is 0 Å². The Hall–Kier alpha value is -2.88. The Morgan fingerprint density at radius 3 is 2.72 bits per heavy atom. The van der Waals surface area contributed by atoms with Gasteiger partial charge in [0.05, 0.1) is 6.04 Å². The van der Waals surface area contributed by atoms with Gasteiger partial charge in [-0.3, -0.25) is 9.59 Å². The van der Waals surface area contributed by atoms with Crippen LogP contribution in [-0.4, -0.2) is 29.7 Å². The molecule has 1 fully saturated rings. The van der Waals surface area contributed by atoms with Gasteiger partial charge >= 0.3 is 0 Å². The summed E-state index contributed by atoms with van der Waals surface area (Å²) < 4.78 is 0. The fourth-order valence-corrected chi connectivity index (χ4v) is 3.60. The van der Waals surface area contributed by atoms with Crippen LogP contribution in [0.4, 0.5) is 0 Å². The molecule has 2 aromatic carbocycles. The number of carbonyl (C=O) groups is 2. The van der Waals surface area contributed by atoms with E-state index in [1.807, 2.05) is 36.1 Å². The zero-order valence-electron chi connectivity index (χ0n) is 14.2. The number of nitrogens with zero attached hydrogens (tertiary/aromatic N) is 1. The van der Waals surface area contributed by atoms with Gasteiger partial charge in [-0.1, -0.05) is 54.1 Å². The van der Waals surface area contributed by atoms with Gasteiger partial charge in [0.15, 0.2) is 5.78 Å². The summed E-state index contributed by atoms with van der Waals surface area (Å²) in [6, 6.07) is 15.7. The lowest BCUT2D eigenvalue weighted by atomic mass is 9.90. The summed E-state index contributed by atoms with van der Waals surface area (Å²) in [6.07, 6.45) is 2.29. The van der Waals surface area contributed by atoms with Gasteiger partial charge in [-0.2, -0.15) is 0 Å². The van der Waals surface area contributed by atoms with Crippen molar-refractivity contribution in [2.75, 3.05) is 13.1 Å². The van der Waals surface area contributed by atoms with Crippen molar-refractivity contribution >= 4 is 11.7 Å². The summed E-state index contributed by atoms with van der Waals surface area (Å²) in [5.41, 5.74) is 4.60. The van der Waals surface area contributed by atoms with Crippen LogP contribution in [0.1, 0.15) is 33.1 Å². The van der Waals surface area contributed by atoms with Gasteiger partial charge < -0.3 is 10.2 Å². The molecule has 2 aromatic rings. The second-order valence-electron chi connectivity index (χ2n) is 6.63. The van der Waals surface area contributed by atoms with Crippen LogP contribution in [0.3, 0.4) is 0 Å². The SMILES string of the molecule is Cc1ccc(C(=O)/C=C2/NC[C@@H]3c4ccccc4CCN3C2=O)cc1. The fourth-order valence-electron chi connectivity index (χ4n) is 3.60. The lowest BCUT2D eigenvalue weighted by Crippen LogP contribution is -2.51. The van der Waals surface area contributed by atoms with Crippen molar-refractivity contribution in [1.82, 2.24) is 10.2 Å². The van der Waals surface area contributed by atoms with Gasteiger partial charge in [-0.25, -0.2) is 0 Å². The number of aryl methyl sites for hydroxylation is 1. The van der Waals surface area contributed by atoms with Crippen molar-refractivity contribution in [2.45, 2.75) is 19.4 Å². The Labute approximate surface area is 147 Å². The van der Waals surface area contributed by atoms with E-state index in [-0.39, 0.29) is 17.7 Å². The Balaban J connectivity index is 1.58. The molecular formula is C21H20N2O2. The molecule has 0 unspecified atom stereocenters. The number of hydrogen-bond acceptors (Lipinski definition) is 3. The third kappa shape index (κ3) is 2.84. The molecule has 4 rings (SSSR count). The van der Waals surface area contributed by atoms with E-state index in [0.717, 1.165) is 12.0 Å². The van der Waals surface area contributed by atoms with E-state index in [1.54, 1.807) is 12.1 Å². The zero-order chi connectivity index (χ0) is 17.4. The van der Waals surface area contributed by atoms with Gasteiger partial charge in [0, 0.05) is 24.7 Å². The standard InChI is InChI=1S/C21H20N2O2/c1-14-6-8-16(9-7-14)20(24)12-18-21(25)23-11-10-15-4-2-3-5-17(15)19(23)13-22-18/h2-9,12,19,22H,10-11,13H2,1H3/b18-12+/t19-/m1/s1. The zero-order valence-corrected chi connectivity index (χ0v) is 14.2. The molecule has 0 saturated carbocycles. The smallest absolute Gasteiger partial charge is 0.270 e. The molecule has 2 aliphatic heterocycles. The Morgan fingerprint density at radius 1 is 1.16 bits per heavy atom. The lowest BCUT2D eigenvalue weighted by molar-refractivity contribution is -0.132. The number of carbonyl (C=O) groups excluding carboxylic acids is 2. The summed E-state index contributed by atoms with van der Waals surface area (Å²) in [7, 11) is 0. The first kappa shape index (κ1) is 15.6. The fraction of sp³-hybridized carbons (Fsp3) is 0.238. The molecule has 1 amide bonds. The normalized spacial score (nSPS) is 20.7. The lowest BCUT2D eigenvalue weighted by Gasteiger charge is -2.41. The van der Waals surface area contributed by atoms with Gasteiger partial charge in [-0.05, 0) is 24.5 Å². The number of amides is 1. The number of allylic oxidation sites excluding steroid dienone is 1. The number of hydrogen-bond donors (Lipinski definition) is 1. The van der Waals surface area contributed by atoms with E-state index in [4.69, 9.17) is 0 Å². The van der Waals surface area contributed by atoms with E-state index in [2.05, 4.69) is 17.4 Å². The number of nitrogens with one attached hydrogen (secondary N) is 1. The number of fused-ring (bicyclic) bond motifs is 3. The Morgan fingerprint density at radius 2 is 1.92 bits per heavy atom. The van der Waals surface area contributed by atoms with Crippen LogP contribution in [0, 0.1) is 6.92 Å². The van der Waals surface area contributed by atoms with Crippen LogP contribution in [-0.2, 0) is 11.2 Å². The van der Waals surface area contributed by atoms with Crippen LogP contribution in [0.25, 0.3) is 0 Å². The van der Waals surface area contributed by atoms with Gasteiger partial charge in [0.25, 0.3) is 5.91 Å². The Bertz CT molecular complexity index is 868. The highest BCUT2D eigenvalue weighted by Crippen LogP contribution is 2.32. The van der Waals surface area contributed by atoms with Crippen molar-refractivity contribution in [3.8, 4) is 0 Å². The van der Waals surface area contributed by atoms with E-state index >= 15 is 0 Å². The van der Waals surface area contributed by atoms with E-state index in [0.29, 0.717) is 24.4 Å². The maximum atomic E-state index is 12.8. The van der Waals surface area contributed by atoms with Gasteiger partial charge in [0.1, 0.15) is 5.70 Å². The molecule has 2 aliphatic rings. The number of rotatable bonds is 2. The van der Waals surface area contributed by atoms with E-state index in [9.17, 15) is 9.59 Å². The van der Waals surface area contributed by atoms with Crippen molar-refractivity contribution in [1.29, 1.82) is 0 Å². The summed E-state index contributed by atoms with van der Waals surface area (Å²) in [5, 5.41) is 3.17. The largest absolute Gasteiger partial charge is 0.378 e. The van der Waals surface area contributed by atoms with Crippen molar-refractivity contribution in [3.05, 3.63) is 82.6 Å². The minimum absolute atomic E-state index is 0.0454. The highest BCUT2D eigenvalue weighted by atomic mass is 16.2. The van der Waals surface area contributed by atoms with E-state index < -0.39 is 0 Å². The predicted octanol–water partition coefficient (Wildman–Crippen LogP) is 2.79. The second-order valence-corrected chi connectivity index (χ2v) is 6.63. The predicted molar refractivity (Wildman–Crippen MR) is 96.2 cm³/mol. The maximum Gasteiger partial charge on any atom is 0.270 e. The highest BCUT2D eigenvalue weighted by molar-refractivity contribution is 6.09. The summed E-state index contributed by atoms with van der Waals surface area (Å²) in [6.45, 7) is 3.31. The van der Waals surface area contributed by atoms with Crippen LogP contribution < -0.4 is 5.32 Å². The summed E-state index contributed by atoms with van der Waals surface area (Å²) in [5.74, 6) is -0.238. The minimum Gasteiger partial charge on any atom is -0.378 e. The summed E-state index contributed by atoms with van der Waals surface area (Å²) >= 11 is 0. The molecule has 0 aliphatic carbocycles. The third-order valence-corrected chi connectivity index (χ3v) is 5.00. The minimum atomic E-state index is -0.147. The number of benzene rings is 2. The second kappa shape index (κ2) is 6.20. The van der Waals surface area contributed by atoms with Gasteiger partial charge in [0.2, 0.25) is 0 Å². The molecule has 0 aromatic heterocycles. The monoisotopic (exact) mass is 332 g/mol. The van der Waals surface area contributed by atoms with Crippen molar-refractivity contribution < 1.29 is 9.59 Å². The number of ketones is 1. The molecule has 4 heteroatoms. The average Bonchev–Trinajstić information content (AvgIpc) is 2.64. The first-order chi connectivity index (χ1) is 12.1. The molecule has 1 atom stereocenters. The van der Waals surface area contributed by atoms with Crippen molar-refractivity contribution in [3.63, 3.8) is 0 Å². The molecule has 4 nitrogen and oxygen atoms in total. The van der Waals surface area contributed by atoms with Gasteiger partial charge in [-0.15, -0.1) is 0 Å². The highest BCUT2D eigenvalue weighted by Gasteiger charge is 2.36. The molecule has 0 spiro atoms. The summed E-state index contributed by atoms with van der Waals surface area (Å²) in [4.78, 5) is 27.2. The van der Waals surface area contributed by atoms with Crippen LogP contribution in [0.5, 0.6) is 0 Å². The average molecular weight is 332 g/mol. The quantitative estimate of drug-likeness (QED) is 0.680. The first-order valence-electron chi connectivity index (χ1n) is 8.59. The third-order valence-electron chi connectivity index (χ3n) is 5.00. The topological polar surface area (TPSA) is 49.4 Å². The number of piperazine rings is 1.